The number of piperazine rings is 1. The predicted molar refractivity (Wildman–Crippen MR) is 91.9 cm³/mol. The van der Waals surface area contributed by atoms with E-state index in [2.05, 4.69) is 15.9 Å². The van der Waals surface area contributed by atoms with Crippen LogP contribution in [0.4, 0.5) is 5.69 Å². The summed E-state index contributed by atoms with van der Waals surface area (Å²) in [5, 5.41) is 9.88. The van der Waals surface area contributed by atoms with Crippen molar-refractivity contribution >= 4 is 5.69 Å². The fraction of sp³-hybridized carbons (Fsp3) is 0.389. The van der Waals surface area contributed by atoms with Crippen LogP contribution in [0.1, 0.15) is 11.5 Å². The maximum Gasteiger partial charge on any atom is 0.227 e. The second kappa shape index (κ2) is 6.97. The molecule has 0 spiro atoms. The lowest BCUT2D eigenvalue weighted by atomic mass is 10.2. The largest absolute Gasteiger partial charge is 0.502 e. The average Bonchev–Trinajstić information content (AvgIpc) is 2.60. The van der Waals surface area contributed by atoms with E-state index in [-0.39, 0.29) is 11.2 Å². The fourth-order valence-corrected chi connectivity index (χ4v) is 2.94. The molecule has 0 atom stereocenters. The summed E-state index contributed by atoms with van der Waals surface area (Å²) in [7, 11) is 1.67. The minimum absolute atomic E-state index is 0.282. The summed E-state index contributed by atoms with van der Waals surface area (Å²) in [5.74, 6) is 1.43. The van der Waals surface area contributed by atoms with Crippen molar-refractivity contribution < 1.29 is 14.3 Å². The highest BCUT2D eigenvalue weighted by molar-refractivity contribution is 5.51. The number of nitrogens with zero attached hydrogens (tertiary/aromatic N) is 2. The van der Waals surface area contributed by atoms with Crippen molar-refractivity contribution in [1.82, 2.24) is 4.90 Å². The van der Waals surface area contributed by atoms with Crippen LogP contribution < -0.4 is 15.1 Å². The molecule has 1 aliphatic heterocycles. The van der Waals surface area contributed by atoms with Gasteiger partial charge in [0, 0.05) is 44.0 Å². The molecule has 1 fully saturated rings. The third-order valence-corrected chi connectivity index (χ3v) is 4.27. The van der Waals surface area contributed by atoms with E-state index < -0.39 is 0 Å². The van der Waals surface area contributed by atoms with Crippen LogP contribution >= 0.6 is 0 Å². The van der Waals surface area contributed by atoms with Gasteiger partial charge in [0.1, 0.15) is 11.5 Å². The molecule has 2 aromatic rings. The first-order valence-corrected chi connectivity index (χ1v) is 8.01. The first-order chi connectivity index (χ1) is 11.6. The summed E-state index contributed by atoms with van der Waals surface area (Å²) in [4.78, 5) is 16.1. The first-order valence-electron chi connectivity index (χ1n) is 8.01. The summed E-state index contributed by atoms with van der Waals surface area (Å²) < 4.78 is 10.8. The van der Waals surface area contributed by atoms with Gasteiger partial charge in [0.25, 0.3) is 0 Å². The van der Waals surface area contributed by atoms with E-state index in [0.29, 0.717) is 18.1 Å². The molecule has 1 aromatic carbocycles. The van der Waals surface area contributed by atoms with Gasteiger partial charge >= 0.3 is 0 Å². The predicted octanol–water partition coefficient (Wildman–Crippen LogP) is 1.98. The molecular weight excluding hydrogens is 308 g/mol. The lowest BCUT2D eigenvalue weighted by Crippen LogP contribution is -2.46. The Balaban J connectivity index is 1.64. The lowest BCUT2D eigenvalue weighted by Gasteiger charge is -2.35. The quantitative estimate of drug-likeness (QED) is 0.925. The molecule has 1 aromatic heterocycles. The Labute approximate surface area is 140 Å². The molecule has 0 amide bonds. The van der Waals surface area contributed by atoms with Crippen molar-refractivity contribution in [2.75, 3.05) is 38.2 Å². The fourth-order valence-electron chi connectivity index (χ4n) is 2.94. The number of methoxy groups -OCH3 is 1. The van der Waals surface area contributed by atoms with Crippen LogP contribution in [0.15, 0.2) is 39.5 Å². The van der Waals surface area contributed by atoms with Gasteiger partial charge < -0.3 is 19.2 Å². The van der Waals surface area contributed by atoms with E-state index in [1.54, 1.807) is 14.0 Å². The Morgan fingerprint density at radius 2 is 1.96 bits per heavy atom. The number of anilines is 1. The van der Waals surface area contributed by atoms with Crippen LogP contribution in [0.2, 0.25) is 0 Å². The van der Waals surface area contributed by atoms with Crippen molar-refractivity contribution in [1.29, 1.82) is 0 Å². The number of rotatable bonds is 4. The summed E-state index contributed by atoms with van der Waals surface area (Å²) >= 11 is 0. The molecule has 2 heterocycles. The van der Waals surface area contributed by atoms with Crippen LogP contribution in [-0.4, -0.2) is 43.3 Å². The van der Waals surface area contributed by atoms with Gasteiger partial charge in [-0.15, -0.1) is 0 Å². The van der Waals surface area contributed by atoms with Gasteiger partial charge in [0.15, 0.2) is 5.76 Å². The highest BCUT2D eigenvalue weighted by Crippen LogP contribution is 2.23. The molecule has 128 valence electrons. The van der Waals surface area contributed by atoms with Gasteiger partial charge in [0.05, 0.1) is 13.7 Å². The third-order valence-electron chi connectivity index (χ3n) is 4.27. The zero-order valence-electron chi connectivity index (χ0n) is 14.0. The Kier molecular flexibility index (Phi) is 4.76. The number of aromatic hydroxyl groups is 1. The van der Waals surface area contributed by atoms with Gasteiger partial charge in [-0.3, -0.25) is 9.69 Å². The normalized spacial score (nSPS) is 15.5. The van der Waals surface area contributed by atoms with E-state index in [4.69, 9.17) is 9.15 Å². The molecule has 0 saturated carbocycles. The van der Waals surface area contributed by atoms with Crippen molar-refractivity contribution in [3.63, 3.8) is 0 Å². The Bertz CT molecular complexity index is 764. The highest BCUT2D eigenvalue weighted by Gasteiger charge is 2.20. The Morgan fingerprint density at radius 1 is 1.21 bits per heavy atom. The van der Waals surface area contributed by atoms with Crippen molar-refractivity contribution in [2.24, 2.45) is 0 Å². The number of benzene rings is 1. The second-order valence-electron chi connectivity index (χ2n) is 5.96. The molecule has 3 rings (SSSR count). The Morgan fingerprint density at radius 3 is 2.67 bits per heavy atom. The van der Waals surface area contributed by atoms with Gasteiger partial charge in [0.2, 0.25) is 11.2 Å². The first kappa shape index (κ1) is 16.4. The van der Waals surface area contributed by atoms with Crippen molar-refractivity contribution in [3.8, 4) is 11.5 Å². The van der Waals surface area contributed by atoms with Crippen molar-refractivity contribution in [2.45, 2.75) is 13.5 Å². The standard InChI is InChI=1S/C18H22N2O4/c1-13-10-16(21)18(22)17(24-13)12-19-6-8-20(9-7-19)14-4-3-5-15(11-14)23-2/h3-5,10-11,22H,6-9,12H2,1-2H3. The monoisotopic (exact) mass is 330 g/mol. The minimum Gasteiger partial charge on any atom is -0.502 e. The van der Waals surface area contributed by atoms with E-state index in [1.165, 1.54) is 6.07 Å². The van der Waals surface area contributed by atoms with E-state index in [1.807, 2.05) is 18.2 Å². The number of hydrogen-bond acceptors (Lipinski definition) is 6. The maximum atomic E-state index is 11.7. The van der Waals surface area contributed by atoms with Crippen LogP contribution in [0, 0.1) is 6.92 Å². The third kappa shape index (κ3) is 3.54. The smallest absolute Gasteiger partial charge is 0.227 e. The molecule has 1 saturated heterocycles. The summed E-state index contributed by atoms with van der Waals surface area (Å²) in [6.45, 7) is 5.54. The molecule has 1 aliphatic rings. The maximum absolute atomic E-state index is 11.7. The minimum atomic E-state index is -0.385. The van der Waals surface area contributed by atoms with Crippen LogP contribution in [0.5, 0.6) is 11.5 Å². The van der Waals surface area contributed by atoms with Crippen molar-refractivity contribution in [3.05, 3.63) is 52.1 Å². The highest BCUT2D eigenvalue weighted by atomic mass is 16.5. The molecule has 0 aliphatic carbocycles. The van der Waals surface area contributed by atoms with Gasteiger partial charge in [-0.2, -0.15) is 0 Å². The second-order valence-corrected chi connectivity index (χ2v) is 5.96. The zero-order chi connectivity index (χ0) is 17.1. The molecule has 1 N–H and O–H groups in total. The number of aryl methyl sites for hydroxylation is 1. The van der Waals surface area contributed by atoms with Gasteiger partial charge in [-0.25, -0.2) is 0 Å². The molecule has 0 bridgehead atoms. The topological polar surface area (TPSA) is 66.2 Å². The SMILES string of the molecule is COc1cccc(N2CCN(Cc3oc(C)cc(=O)c3O)CC2)c1. The number of hydrogen-bond donors (Lipinski definition) is 1. The molecule has 0 unspecified atom stereocenters. The van der Waals surface area contributed by atoms with E-state index >= 15 is 0 Å². The Hall–Kier alpha value is -2.47. The van der Waals surface area contributed by atoms with Crippen LogP contribution in [0.3, 0.4) is 0 Å². The molecule has 6 nitrogen and oxygen atoms in total. The zero-order valence-corrected chi connectivity index (χ0v) is 14.0. The van der Waals surface area contributed by atoms with Gasteiger partial charge in [-0.05, 0) is 19.1 Å². The molecule has 0 radical (unpaired) electrons. The summed E-state index contributed by atoms with van der Waals surface area (Å²) in [6.07, 6.45) is 0. The van der Waals surface area contributed by atoms with Crippen LogP contribution in [-0.2, 0) is 6.54 Å². The lowest BCUT2D eigenvalue weighted by molar-refractivity contribution is 0.220. The molecule has 24 heavy (non-hydrogen) atoms. The molecule has 6 heteroatoms. The molecular formula is C18H22N2O4. The summed E-state index contributed by atoms with van der Waals surface area (Å²) in [6, 6.07) is 9.33. The average molecular weight is 330 g/mol. The van der Waals surface area contributed by atoms with Crippen LogP contribution in [0.25, 0.3) is 0 Å². The summed E-state index contributed by atoms with van der Waals surface area (Å²) in [5.41, 5.74) is 0.753. The van der Waals surface area contributed by atoms with E-state index in [0.717, 1.165) is 37.6 Å². The van der Waals surface area contributed by atoms with Gasteiger partial charge in [-0.1, -0.05) is 6.07 Å². The number of ether oxygens (including phenoxy) is 1. The van der Waals surface area contributed by atoms with E-state index in [9.17, 15) is 9.90 Å².